The van der Waals surface area contributed by atoms with Crippen LogP contribution in [-0.4, -0.2) is 15.5 Å². The zero-order valence-electron chi connectivity index (χ0n) is 11.6. The maximum absolute atomic E-state index is 13.1. The number of imidazole rings is 1. The predicted octanol–water partition coefficient (Wildman–Crippen LogP) is 2.42. The molecule has 1 unspecified atom stereocenters. The maximum Gasteiger partial charge on any atom is 0.247 e. The zero-order valence-corrected chi connectivity index (χ0v) is 11.6. The van der Waals surface area contributed by atoms with Crippen molar-refractivity contribution >= 4 is 17.3 Å². The number of benzene rings is 1. The number of aryl methyl sites for hydroxylation is 1. The lowest BCUT2D eigenvalue weighted by molar-refractivity contribution is -0.118. The second-order valence-corrected chi connectivity index (χ2v) is 4.72. The van der Waals surface area contributed by atoms with Crippen molar-refractivity contribution in [2.24, 2.45) is 0 Å². The fourth-order valence-corrected chi connectivity index (χ4v) is 1.90. The van der Waals surface area contributed by atoms with Crippen LogP contribution in [0.1, 0.15) is 24.4 Å². The molecule has 106 valence electrons. The number of carbonyl (C=O) groups excluding carboxylic acids is 1. The van der Waals surface area contributed by atoms with Crippen molar-refractivity contribution in [3.05, 3.63) is 41.7 Å². The van der Waals surface area contributed by atoms with E-state index in [2.05, 4.69) is 10.3 Å². The Morgan fingerprint density at radius 3 is 2.70 bits per heavy atom. The molecule has 0 saturated heterocycles. The van der Waals surface area contributed by atoms with Crippen LogP contribution in [0.3, 0.4) is 0 Å². The molecule has 0 radical (unpaired) electrons. The number of hydrogen-bond donors (Lipinski definition) is 2. The predicted molar refractivity (Wildman–Crippen MR) is 75.9 cm³/mol. The molecule has 0 saturated carbocycles. The Bertz CT molecular complexity index is 651. The number of halogens is 1. The molecule has 1 amide bonds. The molecule has 6 heteroatoms. The van der Waals surface area contributed by atoms with Gasteiger partial charge in [0.1, 0.15) is 11.9 Å². The summed E-state index contributed by atoms with van der Waals surface area (Å²) in [5.74, 6) is -0.714. The fourth-order valence-electron chi connectivity index (χ4n) is 1.90. The number of nitrogens with zero attached hydrogens (tertiary/aromatic N) is 2. The minimum Gasteiger partial charge on any atom is -0.396 e. The van der Waals surface area contributed by atoms with Gasteiger partial charge in [-0.1, -0.05) is 0 Å². The highest BCUT2D eigenvalue weighted by molar-refractivity contribution is 5.93. The quantitative estimate of drug-likeness (QED) is 0.846. The van der Waals surface area contributed by atoms with E-state index in [4.69, 9.17) is 5.73 Å². The number of amides is 1. The molecule has 1 heterocycles. The molecule has 1 atom stereocenters. The van der Waals surface area contributed by atoms with E-state index in [1.165, 1.54) is 18.2 Å². The number of nitrogens with two attached hydrogens (primary N) is 1. The van der Waals surface area contributed by atoms with Gasteiger partial charge in [-0.25, -0.2) is 9.37 Å². The SMILES string of the molecule is Cc1ncn(C(C)C(=O)Nc2ccc(F)c(N)c2)c1C. The number of anilines is 2. The monoisotopic (exact) mass is 276 g/mol. The topological polar surface area (TPSA) is 72.9 Å². The van der Waals surface area contributed by atoms with Crippen molar-refractivity contribution in [3.63, 3.8) is 0 Å². The van der Waals surface area contributed by atoms with E-state index in [0.717, 1.165) is 11.4 Å². The van der Waals surface area contributed by atoms with Crippen LogP contribution in [0.15, 0.2) is 24.5 Å². The van der Waals surface area contributed by atoms with Crippen molar-refractivity contribution in [1.82, 2.24) is 9.55 Å². The Morgan fingerprint density at radius 2 is 2.15 bits per heavy atom. The molecule has 20 heavy (non-hydrogen) atoms. The summed E-state index contributed by atoms with van der Waals surface area (Å²) in [7, 11) is 0. The lowest BCUT2D eigenvalue weighted by Crippen LogP contribution is -2.24. The molecule has 5 nitrogen and oxygen atoms in total. The Hall–Kier alpha value is -2.37. The van der Waals surface area contributed by atoms with Crippen LogP contribution in [0.2, 0.25) is 0 Å². The van der Waals surface area contributed by atoms with E-state index in [1.807, 2.05) is 13.8 Å². The van der Waals surface area contributed by atoms with Crippen molar-refractivity contribution in [2.75, 3.05) is 11.1 Å². The molecule has 1 aromatic carbocycles. The highest BCUT2D eigenvalue weighted by Crippen LogP contribution is 2.19. The summed E-state index contributed by atoms with van der Waals surface area (Å²) in [6, 6.07) is 3.68. The van der Waals surface area contributed by atoms with Crippen LogP contribution in [-0.2, 0) is 4.79 Å². The highest BCUT2D eigenvalue weighted by Gasteiger charge is 2.17. The molecule has 2 aromatic rings. The number of hydrogen-bond acceptors (Lipinski definition) is 3. The van der Waals surface area contributed by atoms with Gasteiger partial charge in [-0.2, -0.15) is 0 Å². The number of carbonyl (C=O) groups is 1. The smallest absolute Gasteiger partial charge is 0.247 e. The number of nitrogens with one attached hydrogen (secondary N) is 1. The molecule has 2 rings (SSSR count). The van der Waals surface area contributed by atoms with Crippen molar-refractivity contribution in [1.29, 1.82) is 0 Å². The summed E-state index contributed by atoms with van der Waals surface area (Å²) in [6.45, 7) is 5.56. The van der Waals surface area contributed by atoms with Gasteiger partial charge in [0.25, 0.3) is 0 Å². The molecule has 0 bridgehead atoms. The third-order valence-corrected chi connectivity index (χ3v) is 3.35. The molecule has 0 aliphatic carbocycles. The average Bonchev–Trinajstić information content (AvgIpc) is 2.73. The van der Waals surface area contributed by atoms with Crippen LogP contribution in [0.25, 0.3) is 0 Å². The van der Waals surface area contributed by atoms with E-state index in [1.54, 1.807) is 17.8 Å². The summed E-state index contributed by atoms with van der Waals surface area (Å²) in [6.07, 6.45) is 1.63. The minimum atomic E-state index is -0.503. The van der Waals surface area contributed by atoms with Crippen molar-refractivity contribution in [2.45, 2.75) is 26.8 Å². The minimum absolute atomic E-state index is 0.00473. The Kier molecular flexibility index (Phi) is 3.74. The van der Waals surface area contributed by atoms with Crippen LogP contribution < -0.4 is 11.1 Å². The van der Waals surface area contributed by atoms with Gasteiger partial charge in [-0.05, 0) is 39.0 Å². The molecular formula is C14H17FN4O. The zero-order chi connectivity index (χ0) is 14.9. The van der Waals surface area contributed by atoms with Gasteiger partial charge < -0.3 is 15.6 Å². The third-order valence-electron chi connectivity index (χ3n) is 3.35. The van der Waals surface area contributed by atoms with Crippen LogP contribution in [0.5, 0.6) is 0 Å². The van der Waals surface area contributed by atoms with Crippen molar-refractivity contribution in [3.8, 4) is 0 Å². The molecule has 0 spiro atoms. The Morgan fingerprint density at radius 1 is 1.45 bits per heavy atom. The van der Waals surface area contributed by atoms with Crippen LogP contribution in [0.4, 0.5) is 15.8 Å². The van der Waals surface area contributed by atoms with E-state index >= 15 is 0 Å². The summed E-state index contributed by atoms with van der Waals surface area (Å²) in [5, 5.41) is 2.71. The van der Waals surface area contributed by atoms with Gasteiger partial charge in [0.05, 0.1) is 17.7 Å². The van der Waals surface area contributed by atoms with E-state index in [9.17, 15) is 9.18 Å². The first-order valence-electron chi connectivity index (χ1n) is 6.26. The lowest BCUT2D eigenvalue weighted by atomic mass is 10.2. The molecular weight excluding hydrogens is 259 g/mol. The second-order valence-electron chi connectivity index (χ2n) is 4.72. The van der Waals surface area contributed by atoms with E-state index in [-0.39, 0.29) is 11.6 Å². The van der Waals surface area contributed by atoms with Crippen molar-refractivity contribution < 1.29 is 9.18 Å². The molecule has 0 aliphatic rings. The second kappa shape index (κ2) is 5.32. The van der Waals surface area contributed by atoms with Gasteiger partial charge in [0.15, 0.2) is 0 Å². The number of aromatic nitrogens is 2. The molecule has 3 N–H and O–H groups in total. The normalized spacial score (nSPS) is 12.2. The standard InChI is InChI=1S/C14H17FN4O/c1-8-9(2)19(7-17-8)10(3)14(20)18-11-4-5-12(15)13(16)6-11/h4-7,10H,16H2,1-3H3,(H,18,20). The van der Waals surface area contributed by atoms with Crippen LogP contribution >= 0.6 is 0 Å². The highest BCUT2D eigenvalue weighted by atomic mass is 19.1. The number of rotatable bonds is 3. The fraction of sp³-hybridized carbons (Fsp3) is 0.286. The molecule has 1 aromatic heterocycles. The number of nitrogen functional groups attached to an aromatic ring is 1. The first-order chi connectivity index (χ1) is 9.40. The van der Waals surface area contributed by atoms with Gasteiger partial charge >= 0.3 is 0 Å². The lowest BCUT2D eigenvalue weighted by Gasteiger charge is -2.15. The molecule has 0 aliphatic heterocycles. The van der Waals surface area contributed by atoms with Gasteiger partial charge in [0.2, 0.25) is 5.91 Å². The summed E-state index contributed by atoms with van der Waals surface area (Å²) >= 11 is 0. The third kappa shape index (κ3) is 2.64. The Labute approximate surface area is 116 Å². The molecule has 0 fully saturated rings. The van der Waals surface area contributed by atoms with Gasteiger partial charge in [-0.15, -0.1) is 0 Å². The van der Waals surface area contributed by atoms with Crippen LogP contribution in [0, 0.1) is 19.7 Å². The van der Waals surface area contributed by atoms with E-state index < -0.39 is 11.9 Å². The largest absolute Gasteiger partial charge is 0.396 e. The average molecular weight is 276 g/mol. The maximum atomic E-state index is 13.1. The van der Waals surface area contributed by atoms with E-state index in [0.29, 0.717) is 5.69 Å². The summed E-state index contributed by atoms with van der Waals surface area (Å²) in [5.41, 5.74) is 7.76. The van der Waals surface area contributed by atoms with Gasteiger partial charge in [0, 0.05) is 11.4 Å². The summed E-state index contributed by atoms with van der Waals surface area (Å²) in [4.78, 5) is 16.3. The first kappa shape index (κ1) is 14.0. The Balaban J connectivity index is 2.15. The van der Waals surface area contributed by atoms with Gasteiger partial charge in [-0.3, -0.25) is 4.79 Å². The first-order valence-corrected chi connectivity index (χ1v) is 6.26. The summed E-state index contributed by atoms with van der Waals surface area (Å²) < 4.78 is 14.9.